The molecule has 0 saturated carbocycles. The molecule has 0 fully saturated rings. The SMILES string of the molecule is CCCC(C)OC(=O)c1cccc(N)c1C. The van der Waals surface area contributed by atoms with Crippen molar-refractivity contribution in [2.24, 2.45) is 0 Å². The molecule has 3 nitrogen and oxygen atoms in total. The summed E-state index contributed by atoms with van der Waals surface area (Å²) in [6, 6.07) is 5.29. The number of carbonyl (C=O) groups excluding carboxylic acids is 1. The molecule has 1 aromatic carbocycles. The highest BCUT2D eigenvalue weighted by molar-refractivity contribution is 5.92. The molecule has 0 aliphatic heterocycles. The first kappa shape index (κ1) is 12.6. The second-order valence-corrected chi connectivity index (χ2v) is 4.02. The van der Waals surface area contributed by atoms with Crippen LogP contribution < -0.4 is 5.73 Å². The number of esters is 1. The van der Waals surface area contributed by atoms with Crippen LogP contribution in [0.15, 0.2) is 18.2 Å². The van der Waals surface area contributed by atoms with E-state index in [2.05, 4.69) is 6.92 Å². The fourth-order valence-electron chi connectivity index (χ4n) is 1.59. The van der Waals surface area contributed by atoms with E-state index >= 15 is 0 Å². The Hall–Kier alpha value is -1.51. The zero-order chi connectivity index (χ0) is 12.1. The standard InChI is InChI=1S/C13H19NO2/c1-4-6-9(2)16-13(15)11-7-5-8-12(14)10(11)3/h5,7-9H,4,6,14H2,1-3H3. The summed E-state index contributed by atoms with van der Waals surface area (Å²) < 4.78 is 5.32. The highest BCUT2D eigenvalue weighted by atomic mass is 16.5. The van der Waals surface area contributed by atoms with Crippen molar-refractivity contribution in [2.75, 3.05) is 5.73 Å². The van der Waals surface area contributed by atoms with E-state index in [1.807, 2.05) is 13.8 Å². The van der Waals surface area contributed by atoms with Crippen LogP contribution in [0.25, 0.3) is 0 Å². The molecule has 2 N–H and O–H groups in total. The van der Waals surface area contributed by atoms with E-state index in [1.165, 1.54) is 0 Å². The van der Waals surface area contributed by atoms with Crippen LogP contribution >= 0.6 is 0 Å². The number of ether oxygens (including phenoxy) is 1. The van der Waals surface area contributed by atoms with E-state index in [0.717, 1.165) is 18.4 Å². The summed E-state index contributed by atoms with van der Waals surface area (Å²) >= 11 is 0. The maximum Gasteiger partial charge on any atom is 0.338 e. The largest absolute Gasteiger partial charge is 0.459 e. The van der Waals surface area contributed by atoms with Crippen molar-refractivity contribution in [3.8, 4) is 0 Å². The first-order chi connectivity index (χ1) is 7.56. The molecule has 1 atom stereocenters. The minimum atomic E-state index is -0.286. The van der Waals surface area contributed by atoms with E-state index in [0.29, 0.717) is 11.3 Å². The lowest BCUT2D eigenvalue weighted by atomic mass is 10.1. The molecule has 0 aromatic heterocycles. The molecule has 16 heavy (non-hydrogen) atoms. The second-order valence-electron chi connectivity index (χ2n) is 4.02. The Morgan fingerprint density at radius 3 is 2.81 bits per heavy atom. The number of nitrogens with two attached hydrogens (primary N) is 1. The molecule has 1 unspecified atom stereocenters. The van der Waals surface area contributed by atoms with Gasteiger partial charge in [-0.2, -0.15) is 0 Å². The predicted octanol–water partition coefficient (Wildman–Crippen LogP) is 2.92. The summed E-state index contributed by atoms with van der Waals surface area (Å²) in [6.45, 7) is 5.80. The molecule has 1 rings (SSSR count). The molecule has 0 bridgehead atoms. The van der Waals surface area contributed by atoms with Gasteiger partial charge in [0.05, 0.1) is 11.7 Å². The average molecular weight is 221 g/mol. The van der Waals surface area contributed by atoms with Crippen molar-refractivity contribution >= 4 is 11.7 Å². The van der Waals surface area contributed by atoms with Crippen LogP contribution in [0.2, 0.25) is 0 Å². The molecule has 0 spiro atoms. The minimum absolute atomic E-state index is 0.0432. The van der Waals surface area contributed by atoms with Gasteiger partial charge in [-0.3, -0.25) is 0 Å². The molecular weight excluding hydrogens is 202 g/mol. The summed E-state index contributed by atoms with van der Waals surface area (Å²) in [4.78, 5) is 11.8. The van der Waals surface area contributed by atoms with Gasteiger partial charge in [0.25, 0.3) is 0 Å². The third kappa shape index (κ3) is 2.99. The number of hydrogen-bond acceptors (Lipinski definition) is 3. The summed E-state index contributed by atoms with van der Waals surface area (Å²) in [5.74, 6) is -0.286. The summed E-state index contributed by atoms with van der Waals surface area (Å²) in [6.07, 6.45) is 1.84. The van der Waals surface area contributed by atoms with Gasteiger partial charge >= 0.3 is 5.97 Å². The Balaban J connectivity index is 2.77. The van der Waals surface area contributed by atoms with Crippen LogP contribution in [0.5, 0.6) is 0 Å². The molecule has 0 amide bonds. The van der Waals surface area contributed by atoms with E-state index in [-0.39, 0.29) is 12.1 Å². The molecular formula is C13H19NO2. The van der Waals surface area contributed by atoms with E-state index in [9.17, 15) is 4.79 Å². The van der Waals surface area contributed by atoms with Crippen LogP contribution in [0.3, 0.4) is 0 Å². The van der Waals surface area contributed by atoms with Crippen LogP contribution in [-0.4, -0.2) is 12.1 Å². The van der Waals surface area contributed by atoms with Gasteiger partial charge in [0.2, 0.25) is 0 Å². The van der Waals surface area contributed by atoms with E-state index < -0.39 is 0 Å². The minimum Gasteiger partial charge on any atom is -0.459 e. The molecule has 0 aliphatic carbocycles. The normalized spacial score (nSPS) is 12.2. The summed E-state index contributed by atoms with van der Waals surface area (Å²) in [7, 11) is 0. The Morgan fingerprint density at radius 2 is 2.19 bits per heavy atom. The Morgan fingerprint density at radius 1 is 1.50 bits per heavy atom. The molecule has 0 aliphatic rings. The lowest BCUT2D eigenvalue weighted by molar-refractivity contribution is 0.0322. The van der Waals surface area contributed by atoms with Gasteiger partial charge in [0.1, 0.15) is 0 Å². The number of rotatable bonds is 4. The van der Waals surface area contributed by atoms with Gasteiger partial charge in [-0.05, 0) is 38.0 Å². The van der Waals surface area contributed by atoms with Crippen molar-refractivity contribution in [1.29, 1.82) is 0 Å². The number of anilines is 1. The lowest BCUT2D eigenvalue weighted by Gasteiger charge is -2.13. The Kier molecular flexibility index (Phi) is 4.35. The summed E-state index contributed by atoms with van der Waals surface area (Å²) in [5, 5.41) is 0. The number of hydrogen-bond donors (Lipinski definition) is 1. The highest BCUT2D eigenvalue weighted by Gasteiger charge is 2.14. The number of benzene rings is 1. The van der Waals surface area contributed by atoms with Crippen molar-refractivity contribution in [3.63, 3.8) is 0 Å². The quantitative estimate of drug-likeness (QED) is 0.628. The zero-order valence-electron chi connectivity index (χ0n) is 10.1. The molecule has 1 aromatic rings. The predicted molar refractivity (Wildman–Crippen MR) is 65.4 cm³/mol. The van der Waals surface area contributed by atoms with Crippen LogP contribution in [-0.2, 0) is 4.74 Å². The van der Waals surface area contributed by atoms with E-state index in [4.69, 9.17) is 10.5 Å². The zero-order valence-corrected chi connectivity index (χ0v) is 10.1. The average Bonchev–Trinajstić information content (AvgIpc) is 2.22. The summed E-state index contributed by atoms with van der Waals surface area (Å²) in [5.41, 5.74) is 7.71. The lowest BCUT2D eigenvalue weighted by Crippen LogP contribution is -2.16. The number of nitrogen functional groups attached to an aromatic ring is 1. The van der Waals surface area contributed by atoms with Crippen LogP contribution in [0.1, 0.15) is 42.6 Å². The first-order valence-electron chi connectivity index (χ1n) is 5.62. The van der Waals surface area contributed by atoms with Crippen LogP contribution in [0.4, 0.5) is 5.69 Å². The monoisotopic (exact) mass is 221 g/mol. The van der Waals surface area contributed by atoms with E-state index in [1.54, 1.807) is 18.2 Å². The topological polar surface area (TPSA) is 52.3 Å². The fraction of sp³-hybridized carbons (Fsp3) is 0.462. The molecule has 0 radical (unpaired) electrons. The molecule has 0 saturated heterocycles. The molecule has 0 heterocycles. The molecule has 3 heteroatoms. The van der Waals surface area contributed by atoms with Crippen LogP contribution in [0, 0.1) is 6.92 Å². The third-order valence-electron chi connectivity index (χ3n) is 2.60. The smallest absolute Gasteiger partial charge is 0.338 e. The maximum absolute atomic E-state index is 11.8. The van der Waals surface area contributed by atoms with Crippen molar-refractivity contribution in [3.05, 3.63) is 29.3 Å². The highest BCUT2D eigenvalue weighted by Crippen LogP contribution is 2.17. The first-order valence-corrected chi connectivity index (χ1v) is 5.62. The Bertz CT molecular complexity index is 374. The van der Waals surface area contributed by atoms with Crippen molar-refractivity contribution in [2.45, 2.75) is 39.7 Å². The van der Waals surface area contributed by atoms with Gasteiger partial charge in [-0.15, -0.1) is 0 Å². The van der Waals surface area contributed by atoms with Gasteiger partial charge in [-0.1, -0.05) is 19.4 Å². The fourth-order valence-corrected chi connectivity index (χ4v) is 1.59. The van der Waals surface area contributed by atoms with Gasteiger partial charge in [-0.25, -0.2) is 4.79 Å². The van der Waals surface area contributed by atoms with Crippen molar-refractivity contribution < 1.29 is 9.53 Å². The third-order valence-corrected chi connectivity index (χ3v) is 2.60. The van der Waals surface area contributed by atoms with Gasteiger partial charge < -0.3 is 10.5 Å². The van der Waals surface area contributed by atoms with Gasteiger partial charge in [0, 0.05) is 5.69 Å². The Labute approximate surface area is 96.6 Å². The maximum atomic E-state index is 11.8. The second kappa shape index (κ2) is 5.54. The number of carbonyl (C=O) groups is 1. The van der Waals surface area contributed by atoms with Gasteiger partial charge in [0.15, 0.2) is 0 Å². The molecule has 88 valence electrons. The van der Waals surface area contributed by atoms with Crippen molar-refractivity contribution in [1.82, 2.24) is 0 Å².